The molecule has 122 valence electrons. The van der Waals surface area contributed by atoms with Gasteiger partial charge in [0.1, 0.15) is 5.15 Å². The van der Waals surface area contributed by atoms with Crippen molar-refractivity contribution in [3.05, 3.63) is 22.8 Å². The maximum Gasteiger partial charge on any atom is 0.256 e. The van der Waals surface area contributed by atoms with Crippen LogP contribution in [0.2, 0.25) is 5.15 Å². The van der Waals surface area contributed by atoms with Gasteiger partial charge in [0.05, 0.1) is 12.2 Å². The molecule has 0 atom stereocenters. The number of halogens is 1. The van der Waals surface area contributed by atoms with Crippen molar-refractivity contribution in [2.24, 2.45) is 5.92 Å². The first-order chi connectivity index (χ1) is 10.6. The van der Waals surface area contributed by atoms with Crippen molar-refractivity contribution >= 4 is 17.5 Å². The van der Waals surface area contributed by atoms with E-state index in [9.17, 15) is 4.79 Å². The summed E-state index contributed by atoms with van der Waals surface area (Å²) in [5.41, 5.74) is 0.397. The SMILES string of the molecule is CN(C)C(=O)c1ccc(OCCCC2CCNCC2)nc1Cl. The number of aromatic nitrogens is 1. The van der Waals surface area contributed by atoms with Gasteiger partial charge >= 0.3 is 0 Å². The number of nitrogens with zero attached hydrogens (tertiary/aromatic N) is 2. The van der Waals surface area contributed by atoms with E-state index in [2.05, 4.69) is 10.3 Å². The Balaban J connectivity index is 1.78. The molecule has 1 fully saturated rings. The van der Waals surface area contributed by atoms with Crippen molar-refractivity contribution in [3.8, 4) is 5.88 Å². The van der Waals surface area contributed by atoms with Gasteiger partial charge < -0.3 is 15.0 Å². The Morgan fingerprint density at radius 2 is 2.14 bits per heavy atom. The molecular formula is C16H24ClN3O2. The van der Waals surface area contributed by atoms with E-state index in [0.717, 1.165) is 25.4 Å². The molecule has 1 saturated heterocycles. The minimum Gasteiger partial charge on any atom is -0.478 e. The van der Waals surface area contributed by atoms with Crippen molar-refractivity contribution < 1.29 is 9.53 Å². The van der Waals surface area contributed by atoms with Gasteiger partial charge in [-0.3, -0.25) is 4.79 Å². The molecule has 2 rings (SSSR count). The van der Waals surface area contributed by atoms with Gasteiger partial charge in [0, 0.05) is 20.2 Å². The van der Waals surface area contributed by atoms with Crippen LogP contribution in [0.15, 0.2) is 12.1 Å². The average molecular weight is 326 g/mol. The van der Waals surface area contributed by atoms with E-state index in [1.165, 1.54) is 24.2 Å². The lowest BCUT2D eigenvalue weighted by Crippen LogP contribution is -2.27. The summed E-state index contributed by atoms with van der Waals surface area (Å²) in [7, 11) is 3.37. The van der Waals surface area contributed by atoms with Gasteiger partial charge in [0.15, 0.2) is 0 Å². The number of pyridine rings is 1. The maximum absolute atomic E-state index is 11.9. The maximum atomic E-state index is 11.9. The summed E-state index contributed by atoms with van der Waals surface area (Å²) < 4.78 is 5.64. The first-order valence-corrected chi connectivity index (χ1v) is 8.17. The zero-order valence-corrected chi connectivity index (χ0v) is 14.0. The molecule has 1 aromatic rings. The van der Waals surface area contributed by atoms with Crippen molar-refractivity contribution in [3.63, 3.8) is 0 Å². The number of nitrogens with one attached hydrogen (secondary N) is 1. The zero-order chi connectivity index (χ0) is 15.9. The normalized spacial score (nSPS) is 15.6. The predicted molar refractivity (Wildman–Crippen MR) is 87.6 cm³/mol. The molecule has 0 aliphatic carbocycles. The van der Waals surface area contributed by atoms with Crippen molar-refractivity contribution in [1.82, 2.24) is 15.2 Å². The molecule has 1 amide bonds. The fourth-order valence-corrected chi connectivity index (χ4v) is 2.84. The molecule has 22 heavy (non-hydrogen) atoms. The van der Waals surface area contributed by atoms with E-state index in [1.54, 1.807) is 26.2 Å². The van der Waals surface area contributed by atoms with Crippen LogP contribution in [0.4, 0.5) is 0 Å². The number of hydrogen-bond donors (Lipinski definition) is 1. The second kappa shape index (κ2) is 8.34. The van der Waals surface area contributed by atoms with Gasteiger partial charge in [-0.1, -0.05) is 11.6 Å². The number of rotatable bonds is 6. The van der Waals surface area contributed by atoms with E-state index >= 15 is 0 Å². The summed E-state index contributed by atoms with van der Waals surface area (Å²) in [6, 6.07) is 3.37. The number of amides is 1. The van der Waals surface area contributed by atoms with Crippen LogP contribution in [0.5, 0.6) is 5.88 Å². The van der Waals surface area contributed by atoms with E-state index < -0.39 is 0 Å². The summed E-state index contributed by atoms with van der Waals surface area (Å²) in [5.74, 6) is 1.13. The molecule has 0 radical (unpaired) electrons. The standard InChI is InChI=1S/C16H24ClN3O2/c1-20(2)16(21)13-5-6-14(19-15(13)17)22-11-3-4-12-7-9-18-10-8-12/h5-6,12,18H,3-4,7-11H2,1-2H3. The molecule has 1 N–H and O–H groups in total. The fourth-order valence-electron chi connectivity index (χ4n) is 2.62. The molecule has 6 heteroatoms. The van der Waals surface area contributed by atoms with Gasteiger partial charge in [-0.25, -0.2) is 4.98 Å². The number of hydrogen-bond acceptors (Lipinski definition) is 4. The number of ether oxygens (including phenoxy) is 1. The molecule has 1 aromatic heterocycles. The summed E-state index contributed by atoms with van der Waals surface area (Å²) in [6.07, 6.45) is 4.71. The van der Waals surface area contributed by atoms with Gasteiger partial charge in [-0.05, 0) is 50.8 Å². The molecule has 0 unspecified atom stereocenters. The molecule has 1 aliphatic heterocycles. The smallest absolute Gasteiger partial charge is 0.256 e. The lowest BCUT2D eigenvalue weighted by atomic mass is 9.93. The Bertz CT molecular complexity index is 502. The Labute approximate surface area is 137 Å². The monoisotopic (exact) mass is 325 g/mol. The van der Waals surface area contributed by atoms with Crippen LogP contribution < -0.4 is 10.1 Å². The quantitative estimate of drug-likeness (QED) is 0.645. The van der Waals surface area contributed by atoms with Crippen LogP contribution in [0, 0.1) is 5.92 Å². The molecule has 0 saturated carbocycles. The van der Waals surface area contributed by atoms with Crippen molar-refractivity contribution in [2.75, 3.05) is 33.8 Å². The van der Waals surface area contributed by atoms with Gasteiger partial charge in [0.2, 0.25) is 5.88 Å². The molecule has 0 spiro atoms. The number of piperidine rings is 1. The van der Waals surface area contributed by atoms with E-state index in [-0.39, 0.29) is 11.1 Å². The molecule has 0 aromatic carbocycles. The Morgan fingerprint density at radius 3 is 2.77 bits per heavy atom. The highest BCUT2D eigenvalue weighted by atomic mass is 35.5. The Hall–Kier alpha value is -1.33. The van der Waals surface area contributed by atoms with Crippen LogP contribution in [0.25, 0.3) is 0 Å². The van der Waals surface area contributed by atoms with Crippen molar-refractivity contribution in [1.29, 1.82) is 0 Å². The lowest BCUT2D eigenvalue weighted by Gasteiger charge is -2.22. The minimum atomic E-state index is -0.157. The molecule has 2 heterocycles. The molecule has 0 bridgehead atoms. The highest BCUT2D eigenvalue weighted by Gasteiger charge is 2.15. The van der Waals surface area contributed by atoms with E-state index in [0.29, 0.717) is 18.1 Å². The van der Waals surface area contributed by atoms with Gasteiger partial charge in [0.25, 0.3) is 5.91 Å². The highest BCUT2D eigenvalue weighted by molar-refractivity contribution is 6.32. The molecule has 1 aliphatic rings. The largest absolute Gasteiger partial charge is 0.478 e. The van der Waals surface area contributed by atoms with Gasteiger partial charge in [-0.15, -0.1) is 0 Å². The third kappa shape index (κ3) is 4.85. The average Bonchev–Trinajstić information content (AvgIpc) is 2.52. The fraction of sp³-hybridized carbons (Fsp3) is 0.625. The van der Waals surface area contributed by atoms with Crippen LogP contribution in [0.1, 0.15) is 36.0 Å². The summed E-state index contributed by atoms with van der Waals surface area (Å²) in [5, 5.41) is 3.56. The molecule has 5 nitrogen and oxygen atoms in total. The highest BCUT2D eigenvalue weighted by Crippen LogP contribution is 2.20. The van der Waals surface area contributed by atoms with Crippen LogP contribution in [0.3, 0.4) is 0 Å². The second-order valence-corrected chi connectivity index (χ2v) is 6.23. The van der Waals surface area contributed by atoms with Gasteiger partial charge in [-0.2, -0.15) is 0 Å². The number of carbonyl (C=O) groups excluding carboxylic acids is 1. The third-order valence-corrected chi connectivity index (χ3v) is 4.21. The predicted octanol–water partition coefficient (Wildman–Crippen LogP) is 2.60. The first-order valence-electron chi connectivity index (χ1n) is 7.79. The summed E-state index contributed by atoms with van der Waals surface area (Å²) in [6.45, 7) is 2.89. The zero-order valence-electron chi connectivity index (χ0n) is 13.3. The number of carbonyl (C=O) groups is 1. The molecular weight excluding hydrogens is 302 g/mol. The Morgan fingerprint density at radius 1 is 1.41 bits per heavy atom. The topological polar surface area (TPSA) is 54.5 Å². The van der Waals surface area contributed by atoms with E-state index in [1.807, 2.05) is 0 Å². The lowest BCUT2D eigenvalue weighted by molar-refractivity contribution is 0.0827. The Kier molecular flexibility index (Phi) is 6.46. The second-order valence-electron chi connectivity index (χ2n) is 5.87. The summed E-state index contributed by atoms with van der Waals surface area (Å²) >= 11 is 6.06. The van der Waals surface area contributed by atoms with E-state index in [4.69, 9.17) is 16.3 Å². The van der Waals surface area contributed by atoms with Crippen LogP contribution in [-0.2, 0) is 0 Å². The first kappa shape index (κ1) is 17.0. The minimum absolute atomic E-state index is 0.157. The van der Waals surface area contributed by atoms with Crippen molar-refractivity contribution in [2.45, 2.75) is 25.7 Å². The van der Waals surface area contributed by atoms with Crippen LogP contribution in [-0.4, -0.2) is 49.6 Å². The third-order valence-electron chi connectivity index (χ3n) is 3.93. The van der Waals surface area contributed by atoms with Crippen LogP contribution >= 0.6 is 11.6 Å². The summed E-state index contributed by atoms with van der Waals surface area (Å²) in [4.78, 5) is 17.5.